The number of nitrogens with zero attached hydrogens (tertiary/aromatic N) is 2. The van der Waals surface area contributed by atoms with Crippen molar-refractivity contribution >= 4 is 23.4 Å². The molecule has 116 valence electrons. The fourth-order valence-electron chi connectivity index (χ4n) is 2.11. The molecule has 1 heterocycles. The second kappa shape index (κ2) is 7.84. The lowest BCUT2D eigenvalue weighted by Crippen LogP contribution is -2.36. The normalized spacial score (nSPS) is 11.8. The van der Waals surface area contributed by atoms with E-state index in [0.717, 1.165) is 16.3 Å². The van der Waals surface area contributed by atoms with Crippen LogP contribution in [0.25, 0.3) is 0 Å². The van der Waals surface area contributed by atoms with Gasteiger partial charge in [0.25, 0.3) is 0 Å². The number of thioether (sulfide) groups is 1. The van der Waals surface area contributed by atoms with E-state index in [1.807, 2.05) is 50.2 Å². The summed E-state index contributed by atoms with van der Waals surface area (Å²) < 4.78 is 5.14. The Morgan fingerprint density at radius 3 is 2.59 bits per heavy atom. The first-order chi connectivity index (χ1) is 10.7. The number of anilines is 1. The lowest BCUT2D eigenvalue weighted by molar-refractivity contribution is -0.117. The molecule has 1 aromatic heterocycles. The Balaban J connectivity index is 2.06. The maximum Gasteiger partial charge on any atom is 0.240 e. The number of hydrogen-bond donors (Lipinski definition) is 0. The van der Waals surface area contributed by atoms with Crippen LogP contribution in [0, 0.1) is 0 Å². The second-order valence-corrected chi connectivity index (χ2v) is 6.14. The summed E-state index contributed by atoms with van der Waals surface area (Å²) in [7, 11) is 1.64. The number of pyridine rings is 1. The van der Waals surface area contributed by atoms with Crippen LogP contribution >= 0.6 is 11.8 Å². The Labute approximate surface area is 135 Å². The van der Waals surface area contributed by atoms with Crippen LogP contribution in [0.2, 0.25) is 0 Å². The van der Waals surface area contributed by atoms with Crippen LogP contribution in [0.5, 0.6) is 5.75 Å². The second-order valence-electron chi connectivity index (χ2n) is 4.73. The molecule has 0 saturated carbocycles. The molecule has 0 spiro atoms. The van der Waals surface area contributed by atoms with Crippen LogP contribution in [0.15, 0.2) is 53.7 Å². The number of hydrogen-bond acceptors (Lipinski definition) is 4. The highest BCUT2D eigenvalue weighted by Gasteiger charge is 2.21. The highest BCUT2D eigenvalue weighted by Crippen LogP contribution is 2.27. The zero-order valence-electron chi connectivity index (χ0n) is 13.0. The average molecular weight is 316 g/mol. The van der Waals surface area contributed by atoms with Gasteiger partial charge in [-0.05, 0) is 50.2 Å². The van der Waals surface area contributed by atoms with Crippen molar-refractivity contribution in [3.63, 3.8) is 0 Å². The van der Waals surface area contributed by atoms with Crippen molar-refractivity contribution in [3.8, 4) is 5.75 Å². The molecule has 4 nitrogen and oxygen atoms in total. The molecule has 1 aromatic carbocycles. The van der Waals surface area contributed by atoms with Crippen LogP contribution in [-0.4, -0.2) is 29.8 Å². The molecule has 0 aliphatic carbocycles. The molecule has 1 atom stereocenters. The first-order valence-corrected chi connectivity index (χ1v) is 8.05. The Morgan fingerprint density at radius 2 is 2.05 bits per heavy atom. The number of ether oxygens (including phenoxy) is 1. The van der Waals surface area contributed by atoms with E-state index in [4.69, 9.17) is 4.74 Å². The number of carbonyl (C=O) groups excluding carboxylic acids is 1. The number of aromatic nitrogens is 1. The van der Waals surface area contributed by atoms with Gasteiger partial charge < -0.3 is 9.64 Å². The summed E-state index contributed by atoms with van der Waals surface area (Å²) in [5.41, 5.74) is 0.831. The predicted octanol–water partition coefficient (Wildman–Crippen LogP) is 3.62. The quantitative estimate of drug-likeness (QED) is 0.763. The van der Waals surface area contributed by atoms with E-state index >= 15 is 0 Å². The van der Waals surface area contributed by atoms with Gasteiger partial charge in [0, 0.05) is 17.6 Å². The maximum absolute atomic E-state index is 12.7. The zero-order valence-corrected chi connectivity index (χ0v) is 13.8. The van der Waals surface area contributed by atoms with Crippen molar-refractivity contribution in [1.29, 1.82) is 0 Å². The molecular formula is C17H20N2O2S. The SMILES string of the molecule is CCN(C(=O)[C@H](C)Sc1ccc(OC)cc1)c1cccnc1. The van der Waals surface area contributed by atoms with E-state index in [9.17, 15) is 4.79 Å². The minimum atomic E-state index is -0.173. The van der Waals surface area contributed by atoms with Crippen LogP contribution in [0.4, 0.5) is 5.69 Å². The highest BCUT2D eigenvalue weighted by molar-refractivity contribution is 8.00. The van der Waals surface area contributed by atoms with Gasteiger partial charge in [-0.1, -0.05) is 0 Å². The van der Waals surface area contributed by atoms with Crippen LogP contribution in [0.1, 0.15) is 13.8 Å². The number of amides is 1. The molecular weight excluding hydrogens is 296 g/mol. The largest absolute Gasteiger partial charge is 0.497 e. The minimum Gasteiger partial charge on any atom is -0.497 e. The van der Waals surface area contributed by atoms with Crippen LogP contribution < -0.4 is 9.64 Å². The van der Waals surface area contributed by atoms with Crippen molar-refractivity contribution in [2.45, 2.75) is 24.0 Å². The fourth-order valence-corrected chi connectivity index (χ4v) is 3.04. The van der Waals surface area contributed by atoms with Gasteiger partial charge >= 0.3 is 0 Å². The molecule has 0 radical (unpaired) electrons. The standard InChI is InChI=1S/C17H20N2O2S/c1-4-19(14-6-5-11-18-12-14)17(20)13(2)22-16-9-7-15(21-3)8-10-16/h5-13H,4H2,1-3H3/t13-/m0/s1. The van der Waals surface area contributed by atoms with E-state index < -0.39 is 0 Å². The van der Waals surface area contributed by atoms with E-state index in [1.54, 1.807) is 36.2 Å². The molecule has 2 aromatic rings. The third kappa shape index (κ3) is 4.01. The van der Waals surface area contributed by atoms with Crippen molar-refractivity contribution < 1.29 is 9.53 Å². The van der Waals surface area contributed by atoms with Gasteiger partial charge in [-0.3, -0.25) is 9.78 Å². The molecule has 0 fully saturated rings. The number of methoxy groups -OCH3 is 1. The van der Waals surface area contributed by atoms with Gasteiger partial charge in [0.05, 0.1) is 24.2 Å². The van der Waals surface area contributed by atoms with Crippen molar-refractivity contribution in [1.82, 2.24) is 4.98 Å². The lowest BCUT2D eigenvalue weighted by Gasteiger charge is -2.24. The average Bonchev–Trinajstić information content (AvgIpc) is 2.57. The van der Waals surface area contributed by atoms with Gasteiger partial charge in [-0.25, -0.2) is 0 Å². The molecule has 22 heavy (non-hydrogen) atoms. The highest BCUT2D eigenvalue weighted by atomic mass is 32.2. The van der Waals surface area contributed by atoms with E-state index in [2.05, 4.69) is 4.98 Å². The Hall–Kier alpha value is -2.01. The molecule has 0 unspecified atom stereocenters. The van der Waals surface area contributed by atoms with Crippen molar-refractivity contribution in [2.24, 2.45) is 0 Å². The number of rotatable bonds is 6. The molecule has 0 aliphatic heterocycles. The van der Waals surface area contributed by atoms with E-state index in [0.29, 0.717) is 6.54 Å². The molecule has 1 amide bonds. The van der Waals surface area contributed by atoms with Gasteiger partial charge in [0.15, 0.2) is 0 Å². The monoisotopic (exact) mass is 316 g/mol. The van der Waals surface area contributed by atoms with Gasteiger partial charge in [0.2, 0.25) is 5.91 Å². The minimum absolute atomic E-state index is 0.0799. The summed E-state index contributed by atoms with van der Waals surface area (Å²) >= 11 is 1.54. The summed E-state index contributed by atoms with van der Waals surface area (Å²) in [6.07, 6.45) is 3.42. The lowest BCUT2D eigenvalue weighted by atomic mass is 10.3. The van der Waals surface area contributed by atoms with Crippen LogP contribution in [-0.2, 0) is 4.79 Å². The number of carbonyl (C=O) groups is 1. The third-order valence-electron chi connectivity index (χ3n) is 3.26. The van der Waals surface area contributed by atoms with Crippen molar-refractivity contribution in [3.05, 3.63) is 48.8 Å². The Bertz CT molecular complexity index is 602. The fraction of sp³-hybridized carbons (Fsp3) is 0.294. The summed E-state index contributed by atoms with van der Waals surface area (Å²) in [6.45, 7) is 4.52. The van der Waals surface area contributed by atoms with E-state index in [1.165, 1.54) is 0 Å². The predicted molar refractivity (Wildman–Crippen MR) is 90.6 cm³/mol. The van der Waals surface area contributed by atoms with Gasteiger partial charge in [0.1, 0.15) is 5.75 Å². The number of benzene rings is 1. The summed E-state index contributed by atoms with van der Waals surface area (Å²) in [6, 6.07) is 11.5. The van der Waals surface area contributed by atoms with Crippen molar-refractivity contribution in [2.75, 3.05) is 18.6 Å². The molecule has 0 bridgehead atoms. The molecule has 0 saturated heterocycles. The Kier molecular flexibility index (Phi) is 5.83. The molecule has 0 aliphatic rings. The zero-order chi connectivity index (χ0) is 15.9. The smallest absolute Gasteiger partial charge is 0.240 e. The Morgan fingerprint density at radius 1 is 1.32 bits per heavy atom. The van der Waals surface area contributed by atoms with E-state index in [-0.39, 0.29) is 11.2 Å². The summed E-state index contributed by atoms with van der Waals surface area (Å²) in [5.74, 6) is 0.894. The first-order valence-electron chi connectivity index (χ1n) is 7.17. The molecule has 2 rings (SSSR count). The summed E-state index contributed by atoms with van der Waals surface area (Å²) in [4.78, 5) is 19.5. The third-order valence-corrected chi connectivity index (χ3v) is 4.36. The molecule has 0 N–H and O–H groups in total. The van der Waals surface area contributed by atoms with Crippen LogP contribution in [0.3, 0.4) is 0 Å². The topological polar surface area (TPSA) is 42.4 Å². The van der Waals surface area contributed by atoms with Gasteiger partial charge in [-0.15, -0.1) is 11.8 Å². The summed E-state index contributed by atoms with van der Waals surface area (Å²) in [5, 5.41) is -0.173. The maximum atomic E-state index is 12.7. The molecule has 5 heteroatoms. The van der Waals surface area contributed by atoms with Gasteiger partial charge in [-0.2, -0.15) is 0 Å². The first kappa shape index (κ1) is 16.4.